The molecular weight excluding hydrogens is 382 g/mol. The minimum absolute atomic E-state index is 0.0157. The lowest BCUT2D eigenvalue weighted by Gasteiger charge is -2.27. The molecule has 0 aliphatic heterocycles. The number of halogens is 2. The predicted octanol–water partition coefficient (Wildman–Crippen LogP) is 5.16. The first kappa shape index (κ1) is 16.0. The van der Waals surface area contributed by atoms with Crippen molar-refractivity contribution in [2.75, 3.05) is 6.54 Å². The lowest BCUT2D eigenvalue weighted by Crippen LogP contribution is -2.31. The normalized spacial score (nSPS) is 22.6. The highest BCUT2D eigenvalue weighted by Crippen LogP contribution is 2.30. The van der Waals surface area contributed by atoms with Crippen LogP contribution in [-0.4, -0.2) is 12.5 Å². The van der Waals surface area contributed by atoms with E-state index >= 15 is 0 Å². The number of carbonyl (C=O) groups excluding carboxylic acids is 1. The molecule has 0 bridgehead atoms. The summed E-state index contributed by atoms with van der Waals surface area (Å²) < 4.78 is 1.80. The molecule has 1 aliphatic rings. The van der Waals surface area contributed by atoms with Gasteiger partial charge < -0.3 is 5.32 Å². The third kappa shape index (κ3) is 4.32. The summed E-state index contributed by atoms with van der Waals surface area (Å²) in [7, 11) is 0. The van der Waals surface area contributed by atoms with Gasteiger partial charge in [0, 0.05) is 15.5 Å². The summed E-state index contributed by atoms with van der Waals surface area (Å²) in [4.78, 5) is 12.2. The van der Waals surface area contributed by atoms with Crippen molar-refractivity contribution >= 4 is 37.8 Å². The van der Waals surface area contributed by atoms with Crippen LogP contribution in [0.4, 0.5) is 0 Å². The summed E-state index contributed by atoms with van der Waals surface area (Å²) in [5.41, 5.74) is 0.704. The Bertz CT molecular complexity index is 468. The van der Waals surface area contributed by atoms with Crippen molar-refractivity contribution in [3.05, 3.63) is 32.7 Å². The average Bonchev–Trinajstić information content (AvgIpc) is 2.45. The van der Waals surface area contributed by atoms with Crippen LogP contribution in [0, 0.1) is 11.8 Å². The van der Waals surface area contributed by atoms with Gasteiger partial charge in [0.05, 0.1) is 5.56 Å². The minimum atomic E-state index is 0.0157. The first-order valence-corrected chi connectivity index (χ1v) is 8.92. The fraction of sp³-hybridized carbons (Fsp3) is 0.562. The molecule has 0 spiro atoms. The molecule has 2 nitrogen and oxygen atoms in total. The second-order valence-electron chi connectivity index (χ2n) is 5.63. The molecule has 0 heterocycles. The van der Waals surface area contributed by atoms with Crippen LogP contribution >= 0.6 is 31.9 Å². The van der Waals surface area contributed by atoms with E-state index < -0.39 is 0 Å². The molecule has 0 radical (unpaired) electrons. The second kappa shape index (κ2) is 7.60. The average molecular weight is 403 g/mol. The van der Waals surface area contributed by atoms with Crippen LogP contribution in [0.3, 0.4) is 0 Å². The van der Waals surface area contributed by atoms with E-state index in [0.29, 0.717) is 11.5 Å². The highest BCUT2D eigenvalue weighted by Gasteiger charge is 2.20. The zero-order valence-electron chi connectivity index (χ0n) is 11.8. The predicted molar refractivity (Wildman–Crippen MR) is 89.9 cm³/mol. The Morgan fingerprint density at radius 2 is 1.85 bits per heavy atom. The molecule has 0 atom stereocenters. The van der Waals surface area contributed by atoms with Gasteiger partial charge in [0.1, 0.15) is 0 Å². The topological polar surface area (TPSA) is 29.1 Å². The van der Waals surface area contributed by atoms with E-state index in [1.54, 1.807) is 0 Å². The first-order valence-electron chi connectivity index (χ1n) is 7.33. The maximum absolute atomic E-state index is 12.2. The lowest BCUT2D eigenvalue weighted by atomic mass is 9.81. The largest absolute Gasteiger partial charge is 0.352 e. The fourth-order valence-electron chi connectivity index (χ4n) is 2.85. The van der Waals surface area contributed by atoms with Gasteiger partial charge in [-0.1, -0.05) is 42.1 Å². The van der Waals surface area contributed by atoms with Crippen LogP contribution in [0.5, 0.6) is 0 Å². The molecule has 1 N–H and O–H groups in total. The zero-order chi connectivity index (χ0) is 14.5. The van der Waals surface area contributed by atoms with Gasteiger partial charge in [-0.25, -0.2) is 0 Å². The van der Waals surface area contributed by atoms with Crippen LogP contribution in [0.15, 0.2) is 27.1 Å². The van der Waals surface area contributed by atoms with Crippen molar-refractivity contribution in [3.63, 3.8) is 0 Å². The Morgan fingerprint density at radius 1 is 1.20 bits per heavy atom. The van der Waals surface area contributed by atoms with Crippen molar-refractivity contribution in [2.45, 2.75) is 39.0 Å². The van der Waals surface area contributed by atoms with Gasteiger partial charge in [0.2, 0.25) is 0 Å². The zero-order valence-corrected chi connectivity index (χ0v) is 15.0. The van der Waals surface area contributed by atoms with Crippen LogP contribution < -0.4 is 5.32 Å². The van der Waals surface area contributed by atoms with Crippen molar-refractivity contribution in [1.82, 2.24) is 5.32 Å². The number of carbonyl (C=O) groups is 1. The number of amides is 1. The Morgan fingerprint density at radius 3 is 2.45 bits per heavy atom. The SMILES string of the molecule is CCC1CCC(CNC(=O)c2ccc(Br)cc2Br)CC1. The molecule has 4 heteroatoms. The maximum Gasteiger partial charge on any atom is 0.252 e. The molecule has 1 amide bonds. The molecule has 1 fully saturated rings. The van der Waals surface area contributed by atoms with Gasteiger partial charge in [0.15, 0.2) is 0 Å². The molecule has 0 aromatic heterocycles. The molecule has 1 aliphatic carbocycles. The molecule has 2 rings (SSSR count). The summed E-state index contributed by atoms with van der Waals surface area (Å²) in [6.45, 7) is 3.08. The van der Waals surface area contributed by atoms with Crippen LogP contribution in [0.25, 0.3) is 0 Å². The first-order chi connectivity index (χ1) is 9.60. The van der Waals surface area contributed by atoms with Gasteiger partial charge in [-0.15, -0.1) is 0 Å². The number of nitrogens with one attached hydrogen (secondary N) is 1. The third-order valence-electron chi connectivity index (χ3n) is 4.27. The highest BCUT2D eigenvalue weighted by molar-refractivity contribution is 9.11. The Hall–Kier alpha value is -0.350. The number of hydrogen-bond acceptors (Lipinski definition) is 1. The second-order valence-corrected chi connectivity index (χ2v) is 7.40. The monoisotopic (exact) mass is 401 g/mol. The van der Waals surface area contributed by atoms with E-state index in [-0.39, 0.29) is 5.91 Å². The third-order valence-corrected chi connectivity index (χ3v) is 5.42. The molecular formula is C16H21Br2NO. The summed E-state index contributed by atoms with van der Waals surface area (Å²) in [5, 5.41) is 3.08. The molecule has 1 aromatic rings. The van der Waals surface area contributed by atoms with Crippen LogP contribution in [-0.2, 0) is 0 Å². The lowest BCUT2D eigenvalue weighted by molar-refractivity contribution is 0.0940. The van der Waals surface area contributed by atoms with Gasteiger partial charge >= 0.3 is 0 Å². The summed E-state index contributed by atoms with van der Waals surface area (Å²) in [5.74, 6) is 1.57. The maximum atomic E-state index is 12.2. The standard InChI is InChI=1S/C16H21Br2NO/c1-2-11-3-5-12(6-4-11)10-19-16(20)14-8-7-13(17)9-15(14)18/h7-9,11-12H,2-6,10H2,1H3,(H,19,20). The van der Waals surface area contributed by atoms with E-state index in [0.717, 1.165) is 21.4 Å². The summed E-state index contributed by atoms with van der Waals surface area (Å²) in [6, 6.07) is 5.64. The molecule has 110 valence electrons. The quantitative estimate of drug-likeness (QED) is 0.740. The van der Waals surface area contributed by atoms with Crippen LogP contribution in [0.1, 0.15) is 49.4 Å². The smallest absolute Gasteiger partial charge is 0.252 e. The minimum Gasteiger partial charge on any atom is -0.352 e. The van der Waals surface area contributed by atoms with Crippen molar-refractivity contribution in [1.29, 1.82) is 0 Å². The molecule has 1 aromatic carbocycles. The van der Waals surface area contributed by atoms with Crippen molar-refractivity contribution in [3.8, 4) is 0 Å². The van der Waals surface area contributed by atoms with E-state index in [1.807, 2.05) is 18.2 Å². The van der Waals surface area contributed by atoms with Gasteiger partial charge in [-0.05, 0) is 58.8 Å². The molecule has 0 unspecified atom stereocenters. The van der Waals surface area contributed by atoms with Gasteiger partial charge in [-0.3, -0.25) is 4.79 Å². The van der Waals surface area contributed by atoms with E-state index in [2.05, 4.69) is 44.1 Å². The Kier molecular flexibility index (Phi) is 6.09. The Labute approximate surface area is 138 Å². The van der Waals surface area contributed by atoms with E-state index in [1.165, 1.54) is 32.1 Å². The molecule has 0 saturated heterocycles. The van der Waals surface area contributed by atoms with Gasteiger partial charge in [0.25, 0.3) is 5.91 Å². The van der Waals surface area contributed by atoms with Crippen LogP contribution in [0.2, 0.25) is 0 Å². The molecule has 20 heavy (non-hydrogen) atoms. The summed E-state index contributed by atoms with van der Waals surface area (Å²) in [6.07, 6.45) is 6.43. The van der Waals surface area contributed by atoms with Gasteiger partial charge in [-0.2, -0.15) is 0 Å². The highest BCUT2D eigenvalue weighted by atomic mass is 79.9. The number of hydrogen-bond donors (Lipinski definition) is 1. The van der Waals surface area contributed by atoms with E-state index in [9.17, 15) is 4.79 Å². The number of rotatable bonds is 4. The number of benzene rings is 1. The fourth-order valence-corrected chi connectivity index (χ4v) is 4.08. The molecule has 1 saturated carbocycles. The van der Waals surface area contributed by atoms with E-state index in [4.69, 9.17) is 0 Å². The Balaban J connectivity index is 1.83. The summed E-state index contributed by atoms with van der Waals surface area (Å²) >= 11 is 6.84. The van der Waals surface area contributed by atoms with Crippen molar-refractivity contribution in [2.24, 2.45) is 11.8 Å². The van der Waals surface area contributed by atoms with Crippen molar-refractivity contribution < 1.29 is 4.79 Å².